The van der Waals surface area contributed by atoms with Gasteiger partial charge in [-0.05, 0) is 42.4 Å². The number of nitrogens with zero attached hydrogens (tertiary/aromatic N) is 3. The lowest BCUT2D eigenvalue weighted by atomic mass is 9.69. The minimum Gasteiger partial charge on any atom is -0.434 e. The number of aromatic amines is 1. The Morgan fingerprint density at radius 1 is 1.06 bits per heavy atom. The van der Waals surface area contributed by atoms with Crippen molar-refractivity contribution in [1.29, 1.82) is 0 Å². The molecule has 0 spiro atoms. The Morgan fingerprint density at radius 2 is 1.74 bits per heavy atom. The molecule has 12 heteroatoms. The summed E-state index contributed by atoms with van der Waals surface area (Å²) >= 11 is 12.8. The number of hydrogen-bond acceptors (Lipinski definition) is 7. The van der Waals surface area contributed by atoms with E-state index in [0.717, 1.165) is 17.9 Å². The zero-order valence-electron chi connectivity index (χ0n) is 18.1. The van der Waals surface area contributed by atoms with Crippen LogP contribution in [0.5, 0.6) is 11.6 Å². The first kappa shape index (κ1) is 23.2. The van der Waals surface area contributed by atoms with Gasteiger partial charge in [-0.1, -0.05) is 53.5 Å². The summed E-state index contributed by atoms with van der Waals surface area (Å²) in [6.45, 7) is 0. The highest BCUT2D eigenvalue weighted by Gasteiger charge is 2.33. The molecule has 5 N–H and O–H groups in total. The number of carbonyl (C=O) groups excluding carboxylic acids is 1. The Balaban J connectivity index is 1.35. The van der Waals surface area contributed by atoms with Crippen LogP contribution in [0.2, 0.25) is 10.0 Å². The Labute approximate surface area is 209 Å². The number of carbonyl (C=O) groups is 1. The van der Waals surface area contributed by atoms with Gasteiger partial charge >= 0.3 is 6.03 Å². The molecule has 2 aromatic carbocycles. The third kappa shape index (κ3) is 4.55. The van der Waals surface area contributed by atoms with E-state index in [9.17, 15) is 14.7 Å². The van der Waals surface area contributed by atoms with Crippen LogP contribution in [0.3, 0.4) is 0 Å². The van der Waals surface area contributed by atoms with Crippen molar-refractivity contribution < 1.29 is 14.6 Å². The number of nitrogens with two attached hydrogens (primary N) is 1. The molecule has 3 aromatic rings. The van der Waals surface area contributed by atoms with Crippen LogP contribution in [0.4, 0.5) is 10.5 Å². The minimum absolute atomic E-state index is 0.0718. The second-order valence-electron chi connectivity index (χ2n) is 8.30. The summed E-state index contributed by atoms with van der Waals surface area (Å²) in [6, 6.07) is 13.9. The summed E-state index contributed by atoms with van der Waals surface area (Å²) < 4.78 is 5.81. The molecule has 0 radical (unpaired) electrons. The lowest BCUT2D eigenvalue weighted by molar-refractivity contribution is 0.188. The van der Waals surface area contributed by atoms with Gasteiger partial charge in [0.05, 0.1) is 15.7 Å². The predicted molar refractivity (Wildman–Crippen MR) is 131 cm³/mol. The highest BCUT2D eigenvalue weighted by Crippen LogP contribution is 2.47. The zero-order chi connectivity index (χ0) is 24.7. The number of urea groups is 1. The SMILES string of the molecule is NC1=NN(c2cc(Cl)c(Oc3cc([C@H]4C[C@H](c5ccccc5)C4)c(=O)[nH]n3)c(Cl)c2)C(=O)NC1O. The van der Waals surface area contributed by atoms with Crippen molar-refractivity contribution in [3.63, 3.8) is 0 Å². The first-order valence-corrected chi connectivity index (χ1v) is 11.5. The Bertz CT molecular complexity index is 1350. The maximum atomic E-state index is 12.4. The van der Waals surface area contributed by atoms with E-state index in [1.54, 1.807) is 6.07 Å². The van der Waals surface area contributed by atoms with Crippen molar-refractivity contribution in [1.82, 2.24) is 15.5 Å². The molecular weight excluding hydrogens is 495 g/mol. The highest BCUT2D eigenvalue weighted by atomic mass is 35.5. The van der Waals surface area contributed by atoms with Crippen LogP contribution < -0.4 is 26.4 Å². The number of ether oxygens (including phenoxy) is 1. The van der Waals surface area contributed by atoms with Crippen molar-refractivity contribution in [2.45, 2.75) is 30.9 Å². The topological polar surface area (TPSA) is 146 Å². The number of nitrogens with one attached hydrogen (secondary N) is 2. The largest absolute Gasteiger partial charge is 0.434 e. The van der Waals surface area contributed by atoms with Gasteiger partial charge in [0.2, 0.25) is 5.88 Å². The average molecular weight is 515 g/mol. The second-order valence-corrected chi connectivity index (χ2v) is 9.11. The highest BCUT2D eigenvalue weighted by molar-refractivity contribution is 6.37. The quantitative estimate of drug-likeness (QED) is 0.408. The van der Waals surface area contributed by atoms with Gasteiger partial charge in [0.1, 0.15) is 0 Å². The number of aliphatic hydroxyl groups excluding tert-OH is 1. The third-order valence-electron chi connectivity index (χ3n) is 6.04. The summed E-state index contributed by atoms with van der Waals surface area (Å²) in [7, 11) is 0. The van der Waals surface area contributed by atoms with E-state index >= 15 is 0 Å². The molecular formula is C23H20Cl2N6O4. The van der Waals surface area contributed by atoms with E-state index in [1.807, 2.05) is 18.2 Å². The van der Waals surface area contributed by atoms with Crippen molar-refractivity contribution in [3.05, 3.63) is 80.1 Å². The molecule has 1 aliphatic carbocycles. The number of hydrogen-bond donors (Lipinski definition) is 4. The predicted octanol–water partition coefficient (Wildman–Crippen LogP) is 3.65. The fourth-order valence-corrected chi connectivity index (χ4v) is 4.69. The number of hydrazone groups is 1. The first-order valence-electron chi connectivity index (χ1n) is 10.7. The number of halogens is 2. The van der Waals surface area contributed by atoms with E-state index in [1.165, 1.54) is 17.7 Å². The number of aliphatic hydroxyl groups is 1. The molecule has 0 bridgehead atoms. The van der Waals surface area contributed by atoms with Crippen molar-refractivity contribution in [2.75, 3.05) is 5.01 Å². The van der Waals surface area contributed by atoms with Gasteiger partial charge in [0, 0.05) is 11.6 Å². The summed E-state index contributed by atoms with van der Waals surface area (Å²) in [5.74, 6) is 0.499. The van der Waals surface area contributed by atoms with E-state index in [0.29, 0.717) is 11.5 Å². The molecule has 2 amide bonds. The van der Waals surface area contributed by atoms with E-state index in [-0.39, 0.29) is 44.7 Å². The lowest BCUT2D eigenvalue weighted by Gasteiger charge is -2.35. The molecule has 2 aliphatic rings. The molecule has 1 unspecified atom stereocenters. The standard InChI is InChI=1S/C23H20Cl2N6O4/c24-16-8-14(31-23(34)27-22(33)20(26)30-31)9-17(25)19(16)35-18-10-15(21(32)29-28-18)13-6-12(7-13)11-4-2-1-3-5-11/h1-5,8-10,12-13,22,33H,6-7H2,(H2,26,30)(H,27,34)(H,29,32)/t12-,13-,22?. The number of benzene rings is 2. The first-order chi connectivity index (χ1) is 16.8. The Hall–Kier alpha value is -3.60. The molecule has 1 aromatic heterocycles. The number of anilines is 1. The normalized spacial score (nSPS) is 21.7. The summed E-state index contributed by atoms with van der Waals surface area (Å²) in [4.78, 5) is 24.6. The van der Waals surface area contributed by atoms with Gasteiger partial charge in [-0.3, -0.25) is 4.79 Å². The van der Waals surface area contributed by atoms with Crippen LogP contribution in [-0.2, 0) is 0 Å². The number of amides is 2. The average Bonchev–Trinajstić information content (AvgIpc) is 2.80. The van der Waals surface area contributed by atoms with Crippen LogP contribution >= 0.6 is 23.2 Å². The van der Waals surface area contributed by atoms with Crippen LogP contribution in [0.25, 0.3) is 0 Å². The fraction of sp³-hybridized carbons (Fsp3) is 0.217. The van der Waals surface area contributed by atoms with Gasteiger partial charge in [-0.25, -0.2) is 9.89 Å². The molecule has 1 fully saturated rings. The van der Waals surface area contributed by atoms with Crippen molar-refractivity contribution >= 4 is 40.8 Å². The van der Waals surface area contributed by atoms with Crippen molar-refractivity contribution in [3.8, 4) is 11.6 Å². The van der Waals surface area contributed by atoms with E-state index in [2.05, 4.69) is 32.7 Å². The molecule has 10 nitrogen and oxygen atoms in total. The molecule has 180 valence electrons. The molecule has 0 saturated heterocycles. The number of H-pyrrole nitrogens is 1. The maximum absolute atomic E-state index is 12.4. The smallest absolute Gasteiger partial charge is 0.345 e. The molecule has 5 rings (SSSR count). The van der Waals surface area contributed by atoms with Crippen LogP contribution in [-0.4, -0.2) is 33.4 Å². The number of aromatic nitrogens is 2. The number of rotatable bonds is 5. The molecule has 35 heavy (non-hydrogen) atoms. The lowest BCUT2D eigenvalue weighted by Crippen LogP contribution is -2.54. The molecule has 1 aliphatic heterocycles. The third-order valence-corrected chi connectivity index (χ3v) is 6.60. The van der Waals surface area contributed by atoms with Crippen molar-refractivity contribution in [2.24, 2.45) is 10.8 Å². The van der Waals surface area contributed by atoms with Crippen LogP contribution in [0.15, 0.2) is 58.4 Å². The second kappa shape index (κ2) is 9.21. The molecule has 1 atom stereocenters. The van der Waals surface area contributed by atoms with E-state index in [4.69, 9.17) is 33.7 Å². The maximum Gasteiger partial charge on any atom is 0.345 e. The van der Waals surface area contributed by atoms with Gasteiger partial charge in [0.25, 0.3) is 5.56 Å². The summed E-state index contributed by atoms with van der Waals surface area (Å²) in [6.07, 6.45) is 0.317. The van der Waals surface area contributed by atoms with Gasteiger partial charge < -0.3 is 20.9 Å². The van der Waals surface area contributed by atoms with E-state index < -0.39 is 12.3 Å². The monoisotopic (exact) mass is 514 g/mol. The minimum atomic E-state index is -1.38. The Kier molecular flexibility index (Phi) is 6.10. The van der Waals surface area contributed by atoms with Crippen LogP contribution in [0.1, 0.15) is 35.8 Å². The summed E-state index contributed by atoms with van der Waals surface area (Å²) in [5.41, 5.74) is 7.38. The Morgan fingerprint density at radius 3 is 2.43 bits per heavy atom. The van der Waals surface area contributed by atoms with Crippen LogP contribution in [0, 0.1) is 0 Å². The zero-order valence-corrected chi connectivity index (χ0v) is 19.6. The van der Waals surface area contributed by atoms with Gasteiger partial charge in [-0.2, -0.15) is 5.01 Å². The summed E-state index contributed by atoms with van der Waals surface area (Å²) in [5, 5.41) is 23.2. The van der Waals surface area contributed by atoms with Gasteiger partial charge in [0.15, 0.2) is 17.8 Å². The van der Waals surface area contributed by atoms with Gasteiger partial charge in [-0.15, -0.1) is 10.2 Å². The molecule has 1 saturated carbocycles. The number of amidine groups is 1. The molecule has 2 heterocycles. The fourth-order valence-electron chi connectivity index (χ4n) is 4.14.